The molecule has 1 aliphatic rings. The molecule has 90 valence electrons. The third-order valence-corrected chi connectivity index (χ3v) is 3.17. The number of oxazole rings is 1. The molecular weight excluding hydrogens is 204 g/mol. The number of nitrogens with zero attached hydrogens (tertiary/aromatic N) is 2. The molecule has 1 aliphatic heterocycles. The van der Waals surface area contributed by atoms with E-state index < -0.39 is 0 Å². The van der Waals surface area contributed by atoms with E-state index in [9.17, 15) is 0 Å². The molecule has 2 rings (SSSR count). The van der Waals surface area contributed by atoms with E-state index in [1.165, 1.54) is 25.9 Å². The quantitative estimate of drug-likeness (QED) is 0.821. The lowest BCUT2D eigenvalue weighted by atomic mass is 10.1. The monoisotopic (exact) mass is 224 g/mol. The summed E-state index contributed by atoms with van der Waals surface area (Å²) in [6.07, 6.45) is 5.25. The van der Waals surface area contributed by atoms with Gasteiger partial charge in [-0.15, -0.1) is 0 Å². The molecule has 1 unspecified atom stereocenters. The van der Waals surface area contributed by atoms with Gasteiger partial charge in [-0.05, 0) is 25.9 Å². The molecule has 1 aromatic rings. The summed E-state index contributed by atoms with van der Waals surface area (Å²) in [5.41, 5.74) is 0. The summed E-state index contributed by atoms with van der Waals surface area (Å²) in [7, 11) is 0. The van der Waals surface area contributed by atoms with Crippen LogP contribution in [0.5, 0.6) is 0 Å². The predicted octanol–water partition coefficient (Wildman–Crippen LogP) is 1.41. The Morgan fingerprint density at radius 3 is 2.94 bits per heavy atom. The Morgan fingerprint density at radius 2 is 2.25 bits per heavy atom. The summed E-state index contributed by atoms with van der Waals surface area (Å²) >= 11 is 0. The van der Waals surface area contributed by atoms with Gasteiger partial charge >= 0.3 is 0 Å². The zero-order chi connectivity index (χ0) is 11.4. The Bertz CT molecular complexity index is 319. The van der Waals surface area contributed by atoms with E-state index in [4.69, 9.17) is 9.52 Å². The lowest BCUT2D eigenvalue weighted by Crippen LogP contribution is -2.21. The lowest BCUT2D eigenvalue weighted by molar-refractivity contribution is 0.253. The molecule has 1 fully saturated rings. The number of aliphatic hydroxyl groups excluding tert-OH is 1. The van der Waals surface area contributed by atoms with Crippen molar-refractivity contribution in [3.8, 4) is 0 Å². The molecule has 2 heterocycles. The summed E-state index contributed by atoms with van der Waals surface area (Å²) in [5.74, 6) is 1.63. The molecule has 0 radical (unpaired) electrons. The van der Waals surface area contributed by atoms with Gasteiger partial charge in [-0.2, -0.15) is 0 Å². The molecule has 0 spiro atoms. The predicted molar refractivity (Wildman–Crippen MR) is 61.4 cm³/mol. The molecule has 1 atom stereocenters. The number of likely N-dealkylation sites (tertiary alicyclic amines) is 1. The minimum Gasteiger partial charge on any atom is -0.445 e. The fourth-order valence-electron chi connectivity index (χ4n) is 2.02. The van der Waals surface area contributed by atoms with Gasteiger partial charge in [-0.25, -0.2) is 4.98 Å². The number of rotatable bonds is 5. The lowest BCUT2D eigenvalue weighted by Gasteiger charge is -2.12. The van der Waals surface area contributed by atoms with Crippen molar-refractivity contribution in [2.24, 2.45) is 0 Å². The van der Waals surface area contributed by atoms with Crippen LogP contribution in [0.3, 0.4) is 0 Å². The Hall–Kier alpha value is -0.870. The van der Waals surface area contributed by atoms with Crippen molar-refractivity contribution in [1.82, 2.24) is 9.88 Å². The highest BCUT2D eigenvalue weighted by molar-refractivity contribution is 5.00. The van der Waals surface area contributed by atoms with Crippen molar-refractivity contribution in [2.45, 2.75) is 32.1 Å². The third-order valence-electron chi connectivity index (χ3n) is 3.17. The minimum atomic E-state index is 0.0491. The van der Waals surface area contributed by atoms with Crippen LogP contribution in [0.1, 0.15) is 37.3 Å². The smallest absolute Gasteiger partial charge is 0.195 e. The molecule has 1 N–H and O–H groups in total. The van der Waals surface area contributed by atoms with Gasteiger partial charge in [0.1, 0.15) is 5.76 Å². The number of hydrogen-bond acceptors (Lipinski definition) is 4. The van der Waals surface area contributed by atoms with Crippen molar-refractivity contribution < 1.29 is 9.52 Å². The maximum Gasteiger partial charge on any atom is 0.195 e. The van der Waals surface area contributed by atoms with Crippen LogP contribution in [0.25, 0.3) is 0 Å². The Labute approximate surface area is 96.3 Å². The zero-order valence-corrected chi connectivity index (χ0v) is 9.85. The SMILES string of the molecule is CC(CO)c1cnc(CCN2CCCC2)o1. The highest BCUT2D eigenvalue weighted by Crippen LogP contribution is 2.16. The maximum absolute atomic E-state index is 9.00. The Balaban J connectivity index is 1.82. The molecule has 1 aromatic heterocycles. The van der Waals surface area contributed by atoms with Crippen molar-refractivity contribution in [1.29, 1.82) is 0 Å². The van der Waals surface area contributed by atoms with Gasteiger partial charge in [-0.1, -0.05) is 6.92 Å². The normalized spacial score (nSPS) is 19.1. The second-order valence-electron chi connectivity index (χ2n) is 4.54. The van der Waals surface area contributed by atoms with Crippen molar-refractivity contribution in [3.05, 3.63) is 17.8 Å². The third kappa shape index (κ3) is 2.83. The van der Waals surface area contributed by atoms with Crippen molar-refractivity contribution in [3.63, 3.8) is 0 Å². The van der Waals surface area contributed by atoms with Crippen LogP contribution in [0, 0.1) is 0 Å². The Kier molecular flexibility index (Phi) is 3.96. The summed E-state index contributed by atoms with van der Waals surface area (Å²) in [4.78, 5) is 6.69. The van der Waals surface area contributed by atoms with Gasteiger partial charge < -0.3 is 14.4 Å². The van der Waals surface area contributed by atoms with E-state index in [2.05, 4.69) is 9.88 Å². The molecule has 16 heavy (non-hydrogen) atoms. The van der Waals surface area contributed by atoms with Crippen molar-refractivity contribution in [2.75, 3.05) is 26.2 Å². The van der Waals surface area contributed by atoms with Crippen LogP contribution in [0.2, 0.25) is 0 Å². The summed E-state index contributed by atoms with van der Waals surface area (Å²) < 4.78 is 5.60. The molecule has 4 heteroatoms. The van der Waals surface area contributed by atoms with E-state index in [0.717, 1.165) is 24.6 Å². The zero-order valence-electron chi connectivity index (χ0n) is 9.85. The Morgan fingerprint density at radius 1 is 1.50 bits per heavy atom. The summed E-state index contributed by atoms with van der Waals surface area (Å²) in [5, 5.41) is 9.00. The number of hydrogen-bond donors (Lipinski definition) is 1. The highest BCUT2D eigenvalue weighted by Gasteiger charge is 2.14. The van der Waals surface area contributed by atoms with Gasteiger partial charge in [0.25, 0.3) is 0 Å². The minimum absolute atomic E-state index is 0.0491. The molecule has 0 aromatic carbocycles. The first-order chi connectivity index (χ1) is 7.79. The first-order valence-electron chi connectivity index (χ1n) is 6.07. The molecule has 0 saturated carbocycles. The molecule has 4 nitrogen and oxygen atoms in total. The van der Waals surface area contributed by atoms with E-state index in [1.54, 1.807) is 6.20 Å². The average molecular weight is 224 g/mol. The molecular formula is C12H20N2O2. The van der Waals surface area contributed by atoms with Gasteiger partial charge in [0.15, 0.2) is 5.89 Å². The largest absolute Gasteiger partial charge is 0.445 e. The van der Waals surface area contributed by atoms with Crippen molar-refractivity contribution >= 4 is 0 Å². The van der Waals surface area contributed by atoms with E-state index in [1.807, 2.05) is 6.92 Å². The fraction of sp³-hybridized carbons (Fsp3) is 0.750. The molecule has 0 amide bonds. The van der Waals surface area contributed by atoms with Crippen LogP contribution in [-0.2, 0) is 6.42 Å². The summed E-state index contributed by atoms with van der Waals surface area (Å²) in [6.45, 7) is 5.50. The number of aliphatic hydroxyl groups is 1. The standard InChI is InChI=1S/C12H20N2O2/c1-10(9-15)11-8-13-12(16-11)4-7-14-5-2-3-6-14/h8,10,15H,2-7,9H2,1H3. The van der Waals surface area contributed by atoms with E-state index in [-0.39, 0.29) is 12.5 Å². The van der Waals surface area contributed by atoms with Crippen LogP contribution in [-0.4, -0.2) is 41.2 Å². The highest BCUT2D eigenvalue weighted by atomic mass is 16.4. The number of aromatic nitrogens is 1. The van der Waals surface area contributed by atoms with Gasteiger partial charge in [0.2, 0.25) is 0 Å². The molecule has 1 saturated heterocycles. The van der Waals surface area contributed by atoms with Crippen LogP contribution >= 0.6 is 0 Å². The van der Waals surface area contributed by atoms with Gasteiger partial charge in [0.05, 0.1) is 12.8 Å². The second-order valence-corrected chi connectivity index (χ2v) is 4.54. The van der Waals surface area contributed by atoms with E-state index >= 15 is 0 Å². The first-order valence-corrected chi connectivity index (χ1v) is 6.07. The van der Waals surface area contributed by atoms with Crippen LogP contribution in [0.4, 0.5) is 0 Å². The van der Waals surface area contributed by atoms with Gasteiger partial charge in [0, 0.05) is 18.9 Å². The van der Waals surface area contributed by atoms with E-state index in [0.29, 0.717) is 0 Å². The van der Waals surface area contributed by atoms with Gasteiger partial charge in [-0.3, -0.25) is 0 Å². The maximum atomic E-state index is 9.00. The summed E-state index contributed by atoms with van der Waals surface area (Å²) in [6, 6.07) is 0. The molecule has 0 bridgehead atoms. The fourth-order valence-corrected chi connectivity index (χ4v) is 2.02. The first kappa shape index (κ1) is 11.6. The second kappa shape index (κ2) is 5.46. The average Bonchev–Trinajstić information content (AvgIpc) is 2.96. The van der Waals surface area contributed by atoms with Crippen LogP contribution < -0.4 is 0 Å². The molecule has 0 aliphatic carbocycles. The topological polar surface area (TPSA) is 49.5 Å². The van der Waals surface area contributed by atoms with Crippen LogP contribution in [0.15, 0.2) is 10.6 Å².